The van der Waals surface area contributed by atoms with Crippen LogP contribution in [0.25, 0.3) is 0 Å². The smallest absolute Gasteiger partial charge is 0.255 e. The largest absolute Gasteiger partial charge is 0.345 e. The number of carbonyl (C=O) groups is 1. The minimum atomic E-state index is -0.288. The highest BCUT2D eigenvalue weighted by Crippen LogP contribution is 2.15. The summed E-state index contributed by atoms with van der Waals surface area (Å²) in [5, 5.41) is 9.65. The van der Waals surface area contributed by atoms with Crippen molar-refractivity contribution in [2.24, 2.45) is 0 Å². The normalized spacial score (nSPS) is 12.2. The average Bonchev–Trinajstić information content (AvgIpc) is 2.69. The van der Waals surface area contributed by atoms with Crippen LogP contribution in [-0.2, 0) is 0 Å². The van der Waals surface area contributed by atoms with E-state index in [2.05, 4.69) is 15.5 Å². The molecule has 0 bridgehead atoms. The van der Waals surface area contributed by atoms with Crippen LogP contribution in [0.15, 0.2) is 24.3 Å². The van der Waals surface area contributed by atoms with Gasteiger partial charge in [-0.1, -0.05) is 12.1 Å². The predicted octanol–water partition coefficient (Wildman–Crippen LogP) is 2.66. The van der Waals surface area contributed by atoms with Crippen LogP contribution in [0, 0.1) is 19.7 Å². The monoisotopic (exact) mass is 261 g/mol. The highest BCUT2D eigenvalue weighted by atomic mass is 19.1. The molecule has 1 heterocycles. The second kappa shape index (κ2) is 5.22. The lowest BCUT2D eigenvalue weighted by Crippen LogP contribution is -2.27. The van der Waals surface area contributed by atoms with Crippen LogP contribution in [0.4, 0.5) is 4.39 Å². The van der Waals surface area contributed by atoms with Crippen LogP contribution in [0.5, 0.6) is 0 Å². The molecule has 0 aliphatic carbocycles. The molecule has 1 atom stereocenters. The Labute approximate surface area is 111 Å². The summed E-state index contributed by atoms with van der Waals surface area (Å²) in [6, 6.07) is 5.89. The van der Waals surface area contributed by atoms with Crippen molar-refractivity contribution in [3.05, 3.63) is 52.6 Å². The van der Waals surface area contributed by atoms with Crippen molar-refractivity contribution in [1.29, 1.82) is 0 Å². The molecule has 4 nitrogen and oxygen atoms in total. The number of nitrogens with one attached hydrogen (secondary N) is 2. The van der Waals surface area contributed by atoms with Gasteiger partial charge in [-0.25, -0.2) is 4.39 Å². The van der Waals surface area contributed by atoms with Crippen molar-refractivity contribution in [3.63, 3.8) is 0 Å². The summed E-state index contributed by atoms with van der Waals surface area (Å²) in [6.45, 7) is 5.44. The lowest BCUT2D eigenvalue weighted by molar-refractivity contribution is 0.0938. The Morgan fingerprint density at radius 1 is 1.32 bits per heavy atom. The van der Waals surface area contributed by atoms with Crippen molar-refractivity contribution in [2.45, 2.75) is 26.8 Å². The Bertz CT molecular complexity index is 570. The first-order chi connectivity index (χ1) is 8.99. The summed E-state index contributed by atoms with van der Waals surface area (Å²) < 4.78 is 12.8. The van der Waals surface area contributed by atoms with Gasteiger partial charge in [0.15, 0.2) is 0 Å². The number of hydrogen-bond donors (Lipinski definition) is 2. The third-order valence-corrected chi connectivity index (χ3v) is 3.07. The molecule has 1 unspecified atom stereocenters. The summed E-state index contributed by atoms with van der Waals surface area (Å²) in [6.07, 6.45) is 0. The highest BCUT2D eigenvalue weighted by Gasteiger charge is 2.17. The molecule has 0 spiro atoms. The number of aromatic amines is 1. The van der Waals surface area contributed by atoms with Crippen LogP contribution in [0.2, 0.25) is 0 Å². The average molecular weight is 261 g/mol. The van der Waals surface area contributed by atoms with Gasteiger partial charge in [0.1, 0.15) is 5.82 Å². The zero-order valence-electron chi connectivity index (χ0n) is 11.1. The topological polar surface area (TPSA) is 57.8 Å². The number of carbonyl (C=O) groups excluding carboxylic acids is 1. The summed E-state index contributed by atoms with van der Waals surface area (Å²) in [5.41, 5.74) is 2.82. The summed E-state index contributed by atoms with van der Waals surface area (Å²) in [7, 11) is 0. The molecular formula is C14H16FN3O. The number of amides is 1. The zero-order valence-corrected chi connectivity index (χ0v) is 11.1. The van der Waals surface area contributed by atoms with Crippen molar-refractivity contribution in [1.82, 2.24) is 15.5 Å². The van der Waals surface area contributed by atoms with Crippen LogP contribution < -0.4 is 5.32 Å². The number of hydrogen-bond acceptors (Lipinski definition) is 2. The van der Waals surface area contributed by atoms with Crippen LogP contribution in [0.1, 0.15) is 40.3 Å². The SMILES string of the molecule is Cc1n[nH]c(C)c1C(=O)NC(C)c1ccc(F)cc1. The number of H-pyrrole nitrogens is 1. The van der Waals surface area contributed by atoms with E-state index in [1.807, 2.05) is 6.92 Å². The van der Waals surface area contributed by atoms with E-state index in [1.54, 1.807) is 26.0 Å². The Hall–Kier alpha value is -2.17. The Balaban J connectivity index is 2.13. The van der Waals surface area contributed by atoms with Gasteiger partial charge in [-0.15, -0.1) is 0 Å². The molecule has 5 heteroatoms. The van der Waals surface area contributed by atoms with E-state index in [-0.39, 0.29) is 17.8 Å². The van der Waals surface area contributed by atoms with E-state index < -0.39 is 0 Å². The molecule has 2 aromatic rings. The summed E-state index contributed by atoms with van der Waals surface area (Å²) >= 11 is 0. The Morgan fingerprint density at radius 3 is 2.47 bits per heavy atom. The maximum Gasteiger partial charge on any atom is 0.255 e. The van der Waals surface area contributed by atoms with Gasteiger partial charge in [-0.2, -0.15) is 5.10 Å². The molecule has 1 aromatic carbocycles. The molecule has 100 valence electrons. The lowest BCUT2D eigenvalue weighted by Gasteiger charge is -2.14. The van der Waals surface area contributed by atoms with Gasteiger partial charge >= 0.3 is 0 Å². The van der Waals surface area contributed by atoms with Crippen LogP contribution in [-0.4, -0.2) is 16.1 Å². The second-order valence-corrected chi connectivity index (χ2v) is 4.56. The molecule has 0 radical (unpaired) electrons. The summed E-state index contributed by atoms with van der Waals surface area (Å²) in [5.74, 6) is -0.468. The molecule has 2 rings (SSSR count). The zero-order chi connectivity index (χ0) is 14.0. The van der Waals surface area contributed by atoms with Gasteiger partial charge in [0.2, 0.25) is 0 Å². The fourth-order valence-corrected chi connectivity index (χ4v) is 1.99. The quantitative estimate of drug-likeness (QED) is 0.892. The minimum absolute atomic E-state index is 0.180. The van der Waals surface area contributed by atoms with Gasteiger partial charge in [0.05, 0.1) is 17.3 Å². The Morgan fingerprint density at radius 2 is 1.95 bits per heavy atom. The van der Waals surface area contributed by atoms with Crippen molar-refractivity contribution in [3.8, 4) is 0 Å². The molecular weight excluding hydrogens is 245 g/mol. The number of nitrogens with zero attached hydrogens (tertiary/aromatic N) is 1. The molecule has 0 saturated carbocycles. The van der Waals surface area contributed by atoms with Crippen molar-refractivity contribution in [2.75, 3.05) is 0 Å². The first-order valence-corrected chi connectivity index (χ1v) is 6.07. The van der Waals surface area contributed by atoms with Crippen LogP contribution in [0.3, 0.4) is 0 Å². The van der Waals surface area contributed by atoms with E-state index in [0.717, 1.165) is 11.3 Å². The summed E-state index contributed by atoms with van der Waals surface area (Å²) in [4.78, 5) is 12.2. The van der Waals surface area contributed by atoms with Crippen molar-refractivity contribution < 1.29 is 9.18 Å². The third-order valence-electron chi connectivity index (χ3n) is 3.07. The van der Waals surface area contributed by atoms with E-state index >= 15 is 0 Å². The lowest BCUT2D eigenvalue weighted by atomic mass is 10.1. The molecule has 19 heavy (non-hydrogen) atoms. The molecule has 1 amide bonds. The number of rotatable bonds is 3. The van der Waals surface area contributed by atoms with Gasteiger partial charge in [0, 0.05) is 5.69 Å². The first kappa shape index (κ1) is 13.3. The highest BCUT2D eigenvalue weighted by molar-refractivity contribution is 5.96. The number of benzene rings is 1. The molecule has 1 aromatic heterocycles. The van der Waals surface area contributed by atoms with E-state index in [9.17, 15) is 9.18 Å². The maximum atomic E-state index is 12.8. The molecule has 0 aliphatic heterocycles. The number of aryl methyl sites for hydroxylation is 2. The molecule has 0 fully saturated rings. The fraction of sp³-hybridized carbons (Fsp3) is 0.286. The minimum Gasteiger partial charge on any atom is -0.345 e. The second-order valence-electron chi connectivity index (χ2n) is 4.56. The van der Waals surface area contributed by atoms with Crippen LogP contribution >= 0.6 is 0 Å². The molecule has 2 N–H and O–H groups in total. The number of halogens is 1. The fourth-order valence-electron chi connectivity index (χ4n) is 1.99. The van der Waals surface area contributed by atoms with Gasteiger partial charge < -0.3 is 5.32 Å². The standard InChI is InChI=1S/C14H16FN3O/c1-8(11-4-6-12(15)7-5-11)16-14(19)13-9(2)17-18-10(13)3/h4-8H,1-3H3,(H,16,19)(H,17,18). The Kier molecular flexibility index (Phi) is 3.64. The van der Waals surface area contributed by atoms with Gasteiger partial charge in [0.25, 0.3) is 5.91 Å². The van der Waals surface area contributed by atoms with E-state index in [0.29, 0.717) is 11.3 Å². The van der Waals surface area contributed by atoms with Gasteiger partial charge in [-0.3, -0.25) is 9.89 Å². The van der Waals surface area contributed by atoms with E-state index in [1.165, 1.54) is 12.1 Å². The van der Waals surface area contributed by atoms with Gasteiger partial charge in [-0.05, 0) is 38.5 Å². The number of aromatic nitrogens is 2. The molecule has 0 aliphatic rings. The van der Waals surface area contributed by atoms with E-state index in [4.69, 9.17) is 0 Å². The first-order valence-electron chi connectivity index (χ1n) is 6.07. The maximum absolute atomic E-state index is 12.8. The van der Waals surface area contributed by atoms with Crippen molar-refractivity contribution >= 4 is 5.91 Å². The molecule has 0 saturated heterocycles. The third kappa shape index (κ3) is 2.81. The predicted molar refractivity (Wildman–Crippen MR) is 70.3 cm³/mol.